The highest BCUT2D eigenvalue weighted by molar-refractivity contribution is 7.07. The van der Waals surface area contributed by atoms with Gasteiger partial charge in [-0.25, -0.2) is 9.79 Å². The van der Waals surface area contributed by atoms with Crippen LogP contribution < -0.4 is 19.6 Å². The van der Waals surface area contributed by atoms with Crippen LogP contribution in [0.15, 0.2) is 88.2 Å². The second-order valence-electron chi connectivity index (χ2n) is 9.88. The molecule has 9 heteroatoms. The highest BCUT2D eigenvalue weighted by atomic mass is 35.5. The number of rotatable bonds is 8. The van der Waals surface area contributed by atoms with Crippen LogP contribution >= 0.6 is 22.9 Å². The van der Waals surface area contributed by atoms with E-state index in [9.17, 15) is 9.59 Å². The lowest BCUT2D eigenvalue weighted by Gasteiger charge is -2.26. The highest BCUT2D eigenvalue weighted by Gasteiger charge is 2.35. The van der Waals surface area contributed by atoms with Crippen molar-refractivity contribution in [1.29, 1.82) is 5.26 Å². The van der Waals surface area contributed by atoms with Crippen molar-refractivity contribution in [2.24, 2.45) is 4.99 Å². The molecule has 4 aromatic rings. The summed E-state index contributed by atoms with van der Waals surface area (Å²) >= 11 is 7.48. The summed E-state index contributed by atoms with van der Waals surface area (Å²) in [4.78, 5) is 33.1. The van der Waals surface area contributed by atoms with Gasteiger partial charge in [-0.2, -0.15) is 5.26 Å². The van der Waals surface area contributed by atoms with Crippen molar-refractivity contribution in [3.63, 3.8) is 0 Å². The van der Waals surface area contributed by atoms with Gasteiger partial charge in [0.25, 0.3) is 5.56 Å². The molecule has 0 radical (unpaired) electrons. The zero-order valence-electron chi connectivity index (χ0n) is 23.3. The monoisotopic (exact) mass is 597 g/mol. The van der Waals surface area contributed by atoms with Crippen LogP contribution in [0.2, 0.25) is 5.02 Å². The van der Waals surface area contributed by atoms with Gasteiger partial charge in [0.15, 0.2) is 11.4 Å². The number of carbonyl (C=O) groups is 1. The van der Waals surface area contributed by atoms with Crippen molar-refractivity contribution in [2.45, 2.75) is 32.7 Å². The quantitative estimate of drug-likeness (QED) is 0.246. The molecule has 2 heterocycles. The van der Waals surface area contributed by atoms with E-state index in [1.54, 1.807) is 35.8 Å². The molecule has 1 aromatic heterocycles. The SMILES string of the molecule is CCOC(=O)C1=C(c2ccccc2)N=c2s/c(=C\c3cc(Cl)ccc3OCC#N)c(=O)n2[C@H]1c1ccc(C(C)C)cc1. The van der Waals surface area contributed by atoms with E-state index in [0.717, 1.165) is 16.7 Å². The smallest absolute Gasteiger partial charge is 0.338 e. The standard InChI is InChI=1S/C33H28ClN3O4S/c1-4-40-32(39)28-29(22-8-6-5-7-9-22)36-33-37(30(28)23-12-10-21(11-13-23)20(2)3)31(38)27(42-33)19-24-18-25(34)14-15-26(24)41-17-16-35/h5-15,18-20,30H,4,17H2,1-3H3/b27-19-/t30-/m0/s1. The molecule has 0 aliphatic carbocycles. The summed E-state index contributed by atoms with van der Waals surface area (Å²) in [5.74, 6) is 0.204. The minimum atomic E-state index is -0.771. The maximum atomic E-state index is 14.1. The number of halogens is 1. The van der Waals surface area contributed by atoms with Gasteiger partial charge in [0.1, 0.15) is 11.8 Å². The number of benzene rings is 3. The number of thiazole rings is 1. The third-order valence-electron chi connectivity index (χ3n) is 6.84. The van der Waals surface area contributed by atoms with E-state index in [2.05, 4.69) is 13.8 Å². The van der Waals surface area contributed by atoms with Crippen molar-refractivity contribution in [3.8, 4) is 11.8 Å². The first kappa shape index (κ1) is 29.1. The van der Waals surface area contributed by atoms with E-state index < -0.39 is 12.0 Å². The predicted octanol–water partition coefficient (Wildman–Crippen LogP) is 5.61. The number of nitriles is 1. The van der Waals surface area contributed by atoms with Crippen molar-refractivity contribution >= 4 is 40.7 Å². The van der Waals surface area contributed by atoms with Crippen LogP contribution in [0.1, 0.15) is 55.0 Å². The molecular formula is C33H28ClN3O4S. The van der Waals surface area contributed by atoms with Gasteiger partial charge in [0.05, 0.1) is 28.5 Å². The number of fused-ring (bicyclic) bond motifs is 1. The third kappa shape index (κ3) is 5.80. The number of hydrogen-bond acceptors (Lipinski definition) is 7. The fraction of sp³-hybridized carbons (Fsp3) is 0.212. The first-order chi connectivity index (χ1) is 20.3. The van der Waals surface area contributed by atoms with Crippen LogP contribution in [0.4, 0.5) is 0 Å². The van der Waals surface area contributed by atoms with E-state index in [0.29, 0.717) is 42.9 Å². The molecule has 7 nitrogen and oxygen atoms in total. The van der Waals surface area contributed by atoms with Crippen molar-refractivity contribution in [3.05, 3.63) is 125 Å². The Kier molecular flexibility index (Phi) is 8.72. The lowest BCUT2D eigenvalue weighted by atomic mass is 9.91. The average molecular weight is 598 g/mol. The van der Waals surface area contributed by atoms with E-state index in [-0.39, 0.29) is 18.8 Å². The molecule has 42 heavy (non-hydrogen) atoms. The van der Waals surface area contributed by atoms with Gasteiger partial charge in [-0.3, -0.25) is 9.36 Å². The molecule has 0 amide bonds. The van der Waals surface area contributed by atoms with Gasteiger partial charge in [0, 0.05) is 16.1 Å². The molecule has 0 N–H and O–H groups in total. The van der Waals surface area contributed by atoms with Gasteiger partial charge < -0.3 is 9.47 Å². The Hall–Kier alpha value is -4.45. The number of ether oxygens (including phenoxy) is 2. The molecule has 0 bridgehead atoms. The Morgan fingerprint density at radius 2 is 1.88 bits per heavy atom. The summed E-state index contributed by atoms with van der Waals surface area (Å²) in [6.07, 6.45) is 1.68. The summed E-state index contributed by atoms with van der Waals surface area (Å²) < 4.78 is 13.0. The molecule has 0 saturated carbocycles. The number of carbonyl (C=O) groups excluding carboxylic acids is 1. The number of esters is 1. The van der Waals surface area contributed by atoms with Crippen LogP contribution in [0.3, 0.4) is 0 Å². The summed E-state index contributed by atoms with van der Waals surface area (Å²) in [7, 11) is 0. The van der Waals surface area contributed by atoms with Gasteiger partial charge in [-0.15, -0.1) is 0 Å². The maximum Gasteiger partial charge on any atom is 0.338 e. The lowest BCUT2D eigenvalue weighted by Crippen LogP contribution is -2.40. The maximum absolute atomic E-state index is 14.1. The zero-order valence-corrected chi connectivity index (χ0v) is 24.9. The van der Waals surface area contributed by atoms with Crippen LogP contribution in [-0.4, -0.2) is 23.8 Å². The average Bonchev–Trinajstić information content (AvgIpc) is 3.30. The Morgan fingerprint density at radius 1 is 1.14 bits per heavy atom. The van der Waals surface area contributed by atoms with E-state index in [1.165, 1.54) is 11.3 Å². The molecule has 5 rings (SSSR count). The van der Waals surface area contributed by atoms with Crippen molar-refractivity contribution in [1.82, 2.24) is 4.57 Å². The Morgan fingerprint density at radius 3 is 2.55 bits per heavy atom. The summed E-state index contributed by atoms with van der Waals surface area (Å²) in [6, 6.07) is 23.5. The van der Waals surface area contributed by atoms with Crippen LogP contribution in [0.5, 0.6) is 5.75 Å². The fourth-order valence-electron chi connectivity index (χ4n) is 4.83. The molecule has 1 aliphatic heterocycles. The Bertz CT molecular complexity index is 1880. The molecular weight excluding hydrogens is 570 g/mol. The van der Waals surface area contributed by atoms with Crippen molar-refractivity contribution in [2.75, 3.05) is 13.2 Å². The first-order valence-electron chi connectivity index (χ1n) is 13.5. The predicted molar refractivity (Wildman–Crippen MR) is 164 cm³/mol. The van der Waals surface area contributed by atoms with E-state index >= 15 is 0 Å². The number of hydrogen-bond donors (Lipinski definition) is 0. The summed E-state index contributed by atoms with van der Waals surface area (Å²) in [6.45, 7) is 5.99. The third-order valence-corrected chi connectivity index (χ3v) is 8.06. The number of nitrogens with zero attached hydrogens (tertiary/aromatic N) is 3. The lowest BCUT2D eigenvalue weighted by molar-refractivity contribution is -0.138. The second kappa shape index (κ2) is 12.6. The molecule has 0 spiro atoms. The molecule has 0 unspecified atom stereocenters. The minimum absolute atomic E-state index is 0.153. The Labute approximate surface area is 252 Å². The fourth-order valence-corrected chi connectivity index (χ4v) is 6.01. The van der Waals surface area contributed by atoms with Gasteiger partial charge in [-0.05, 0) is 48.2 Å². The molecule has 1 atom stereocenters. The Balaban J connectivity index is 1.80. The molecule has 212 valence electrons. The normalized spacial score (nSPS) is 14.8. The molecule has 1 aliphatic rings. The topological polar surface area (TPSA) is 93.7 Å². The largest absolute Gasteiger partial charge is 0.478 e. The summed E-state index contributed by atoms with van der Waals surface area (Å²) in [5.41, 5.74) is 3.62. The van der Waals surface area contributed by atoms with Gasteiger partial charge in [-0.1, -0.05) is 91.4 Å². The zero-order chi connectivity index (χ0) is 29.8. The van der Waals surface area contributed by atoms with E-state index in [4.69, 9.17) is 31.3 Å². The highest BCUT2D eigenvalue weighted by Crippen LogP contribution is 2.35. The van der Waals surface area contributed by atoms with Gasteiger partial charge in [0.2, 0.25) is 0 Å². The summed E-state index contributed by atoms with van der Waals surface area (Å²) in [5, 5.41) is 9.47. The van der Waals surface area contributed by atoms with Gasteiger partial charge >= 0.3 is 5.97 Å². The second-order valence-corrected chi connectivity index (χ2v) is 11.3. The van der Waals surface area contributed by atoms with Crippen LogP contribution in [0.25, 0.3) is 11.8 Å². The molecule has 0 saturated heterocycles. The van der Waals surface area contributed by atoms with Crippen LogP contribution in [0, 0.1) is 11.3 Å². The molecule has 3 aromatic carbocycles. The van der Waals surface area contributed by atoms with E-state index in [1.807, 2.05) is 60.7 Å². The minimum Gasteiger partial charge on any atom is -0.478 e. The van der Waals surface area contributed by atoms with Crippen LogP contribution in [-0.2, 0) is 9.53 Å². The first-order valence-corrected chi connectivity index (χ1v) is 14.7. The van der Waals surface area contributed by atoms with Crippen molar-refractivity contribution < 1.29 is 14.3 Å². The number of aromatic nitrogens is 1. The molecule has 0 fully saturated rings.